The fourth-order valence-electron chi connectivity index (χ4n) is 3.04. The van der Waals surface area contributed by atoms with Crippen LogP contribution in [0.15, 0.2) is 41.4 Å². The Kier molecular flexibility index (Phi) is 5.78. The summed E-state index contributed by atoms with van der Waals surface area (Å²) >= 11 is 1.66. The van der Waals surface area contributed by atoms with Gasteiger partial charge in [-0.3, -0.25) is 9.78 Å². The van der Waals surface area contributed by atoms with Crippen LogP contribution in [0.3, 0.4) is 0 Å². The molecule has 0 saturated heterocycles. The largest absolute Gasteiger partial charge is 0.349 e. The molecular formula is C19H23N5OS. The number of thiophene rings is 1. The van der Waals surface area contributed by atoms with Gasteiger partial charge in [0.1, 0.15) is 11.6 Å². The minimum absolute atomic E-state index is 0.00543. The van der Waals surface area contributed by atoms with Crippen molar-refractivity contribution >= 4 is 17.2 Å². The second-order valence-corrected chi connectivity index (χ2v) is 7.23. The Labute approximate surface area is 157 Å². The SMILES string of the molecule is Cc1nc(C)n([C@H](C)CC(=O)N[C@@H](Cc2ccsc2)c2cccnc2)n1. The van der Waals surface area contributed by atoms with E-state index in [0.29, 0.717) is 6.42 Å². The van der Waals surface area contributed by atoms with Crippen LogP contribution < -0.4 is 5.32 Å². The van der Waals surface area contributed by atoms with Crippen LogP contribution in [0.4, 0.5) is 0 Å². The number of amides is 1. The van der Waals surface area contributed by atoms with Crippen molar-refractivity contribution in [1.82, 2.24) is 25.1 Å². The Morgan fingerprint density at radius 3 is 2.81 bits per heavy atom. The molecule has 0 aromatic carbocycles. The molecule has 0 aliphatic heterocycles. The van der Waals surface area contributed by atoms with E-state index in [4.69, 9.17) is 0 Å². The first-order valence-electron chi connectivity index (χ1n) is 8.63. The topological polar surface area (TPSA) is 72.7 Å². The first-order chi connectivity index (χ1) is 12.5. The van der Waals surface area contributed by atoms with E-state index in [2.05, 4.69) is 37.2 Å². The second-order valence-electron chi connectivity index (χ2n) is 6.45. The van der Waals surface area contributed by atoms with Crippen molar-refractivity contribution < 1.29 is 4.79 Å². The molecule has 1 amide bonds. The van der Waals surface area contributed by atoms with Crippen molar-refractivity contribution in [3.8, 4) is 0 Å². The zero-order valence-corrected chi connectivity index (χ0v) is 16.0. The fourth-order valence-corrected chi connectivity index (χ4v) is 3.72. The van der Waals surface area contributed by atoms with Crippen molar-refractivity contribution in [2.75, 3.05) is 0 Å². The van der Waals surface area contributed by atoms with E-state index in [9.17, 15) is 4.79 Å². The molecule has 0 fully saturated rings. The van der Waals surface area contributed by atoms with Crippen LogP contribution in [-0.2, 0) is 11.2 Å². The van der Waals surface area contributed by atoms with Crippen LogP contribution in [0.2, 0.25) is 0 Å². The zero-order chi connectivity index (χ0) is 18.5. The Hall–Kier alpha value is -2.54. The van der Waals surface area contributed by atoms with E-state index in [-0.39, 0.29) is 18.0 Å². The molecule has 0 unspecified atom stereocenters. The van der Waals surface area contributed by atoms with Gasteiger partial charge in [-0.25, -0.2) is 9.67 Å². The van der Waals surface area contributed by atoms with Crippen LogP contribution in [0.25, 0.3) is 0 Å². The predicted molar refractivity (Wildman–Crippen MR) is 102 cm³/mol. The number of carbonyl (C=O) groups is 1. The minimum Gasteiger partial charge on any atom is -0.349 e. The standard InChI is InChI=1S/C19H23N5OS/c1-13(24-15(3)21-14(2)23-24)9-19(25)22-18(10-16-6-8-26-12-16)17-5-4-7-20-11-17/h4-8,11-13,18H,9-10H2,1-3H3,(H,22,25)/t13-,18+/m1/s1. The number of aryl methyl sites for hydroxylation is 2. The van der Waals surface area contributed by atoms with Gasteiger partial charge in [-0.15, -0.1) is 0 Å². The molecule has 0 radical (unpaired) electrons. The van der Waals surface area contributed by atoms with Crippen molar-refractivity contribution in [3.63, 3.8) is 0 Å². The summed E-state index contributed by atoms with van der Waals surface area (Å²) in [5.41, 5.74) is 2.22. The van der Waals surface area contributed by atoms with E-state index < -0.39 is 0 Å². The molecule has 3 rings (SSSR count). The summed E-state index contributed by atoms with van der Waals surface area (Å²) < 4.78 is 1.81. The van der Waals surface area contributed by atoms with E-state index in [0.717, 1.165) is 23.6 Å². The lowest BCUT2D eigenvalue weighted by Crippen LogP contribution is -2.31. The number of aromatic nitrogens is 4. The fraction of sp³-hybridized carbons (Fsp3) is 0.368. The molecule has 6 nitrogen and oxygen atoms in total. The normalized spacial score (nSPS) is 13.3. The first kappa shape index (κ1) is 18.3. The van der Waals surface area contributed by atoms with E-state index in [1.54, 1.807) is 17.5 Å². The van der Waals surface area contributed by atoms with Crippen molar-refractivity contribution in [2.24, 2.45) is 0 Å². The Balaban J connectivity index is 1.69. The van der Waals surface area contributed by atoms with Gasteiger partial charge < -0.3 is 5.32 Å². The van der Waals surface area contributed by atoms with Gasteiger partial charge in [0, 0.05) is 18.8 Å². The molecule has 3 aromatic heterocycles. The number of rotatable bonds is 7. The minimum atomic E-state index is -0.100. The quantitative estimate of drug-likeness (QED) is 0.693. The molecule has 0 aliphatic rings. The lowest BCUT2D eigenvalue weighted by atomic mass is 10.0. The maximum Gasteiger partial charge on any atom is 0.222 e. The van der Waals surface area contributed by atoms with Gasteiger partial charge in [0.05, 0.1) is 12.1 Å². The molecule has 3 aromatic rings. The molecule has 0 saturated carbocycles. The molecule has 1 N–H and O–H groups in total. The van der Waals surface area contributed by atoms with Gasteiger partial charge in [0.2, 0.25) is 5.91 Å². The third-order valence-electron chi connectivity index (χ3n) is 4.25. The summed E-state index contributed by atoms with van der Waals surface area (Å²) in [5.74, 6) is 1.54. The summed E-state index contributed by atoms with van der Waals surface area (Å²) in [6.07, 6.45) is 4.65. The number of nitrogens with zero attached hydrogens (tertiary/aromatic N) is 4. The summed E-state index contributed by atoms with van der Waals surface area (Å²) in [6, 6.07) is 5.83. The van der Waals surface area contributed by atoms with Crippen LogP contribution >= 0.6 is 11.3 Å². The number of hydrogen-bond donors (Lipinski definition) is 1. The monoisotopic (exact) mass is 369 g/mol. The summed E-state index contributed by atoms with van der Waals surface area (Å²) in [5, 5.41) is 11.7. The average Bonchev–Trinajstić information content (AvgIpc) is 3.24. The summed E-state index contributed by atoms with van der Waals surface area (Å²) in [6.45, 7) is 5.75. The van der Waals surface area contributed by atoms with Crippen molar-refractivity contribution in [1.29, 1.82) is 0 Å². The molecule has 7 heteroatoms. The van der Waals surface area contributed by atoms with Gasteiger partial charge in [0.25, 0.3) is 0 Å². The smallest absolute Gasteiger partial charge is 0.222 e. The Morgan fingerprint density at radius 1 is 1.35 bits per heavy atom. The van der Waals surface area contributed by atoms with E-state index >= 15 is 0 Å². The van der Waals surface area contributed by atoms with Gasteiger partial charge in [-0.1, -0.05) is 6.07 Å². The molecule has 3 heterocycles. The zero-order valence-electron chi connectivity index (χ0n) is 15.2. The summed E-state index contributed by atoms with van der Waals surface area (Å²) in [4.78, 5) is 21.2. The second kappa shape index (κ2) is 8.23. The maximum absolute atomic E-state index is 12.7. The summed E-state index contributed by atoms with van der Waals surface area (Å²) in [7, 11) is 0. The van der Waals surface area contributed by atoms with Gasteiger partial charge in [-0.05, 0) is 61.2 Å². The Morgan fingerprint density at radius 2 is 2.19 bits per heavy atom. The van der Waals surface area contributed by atoms with Gasteiger partial charge in [-0.2, -0.15) is 16.4 Å². The van der Waals surface area contributed by atoms with Crippen molar-refractivity contribution in [2.45, 2.75) is 45.7 Å². The highest BCUT2D eigenvalue weighted by Crippen LogP contribution is 2.20. The first-order valence-corrected chi connectivity index (χ1v) is 9.57. The van der Waals surface area contributed by atoms with Gasteiger partial charge in [0.15, 0.2) is 0 Å². The number of nitrogens with one attached hydrogen (secondary N) is 1. The number of carbonyl (C=O) groups excluding carboxylic acids is 1. The van der Waals surface area contributed by atoms with Crippen LogP contribution in [0.5, 0.6) is 0 Å². The van der Waals surface area contributed by atoms with Crippen LogP contribution in [-0.4, -0.2) is 25.7 Å². The number of hydrogen-bond acceptors (Lipinski definition) is 5. The van der Waals surface area contributed by atoms with Crippen molar-refractivity contribution in [3.05, 3.63) is 64.1 Å². The highest BCUT2D eigenvalue weighted by molar-refractivity contribution is 7.07. The number of pyridine rings is 1. The third-order valence-corrected chi connectivity index (χ3v) is 4.98. The lowest BCUT2D eigenvalue weighted by Gasteiger charge is -2.20. The van der Waals surface area contributed by atoms with E-state index in [1.807, 2.05) is 43.8 Å². The Bertz CT molecular complexity index is 844. The molecule has 0 aliphatic carbocycles. The molecular weight excluding hydrogens is 346 g/mol. The van der Waals surface area contributed by atoms with Gasteiger partial charge >= 0.3 is 0 Å². The highest BCUT2D eigenvalue weighted by Gasteiger charge is 2.19. The average molecular weight is 369 g/mol. The highest BCUT2D eigenvalue weighted by atomic mass is 32.1. The molecule has 136 valence electrons. The third kappa shape index (κ3) is 4.54. The maximum atomic E-state index is 12.7. The predicted octanol–water partition coefficient (Wildman–Crippen LogP) is 3.40. The molecule has 26 heavy (non-hydrogen) atoms. The van der Waals surface area contributed by atoms with Crippen LogP contribution in [0, 0.1) is 13.8 Å². The molecule has 0 spiro atoms. The molecule has 0 bridgehead atoms. The van der Waals surface area contributed by atoms with E-state index in [1.165, 1.54) is 5.56 Å². The lowest BCUT2D eigenvalue weighted by molar-refractivity contribution is -0.122. The molecule has 2 atom stereocenters. The van der Waals surface area contributed by atoms with Crippen LogP contribution in [0.1, 0.15) is 48.2 Å².